The van der Waals surface area contributed by atoms with Crippen LogP contribution in [0.2, 0.25) is 8.67 Å². The summed E-state index contributed by atoms with van der Waals surface area (Å²) in [6, 6.07) is 1.36. The maximum atomic E-state index is 12.6. The minimum Gasteiger partial charge on any atom is -0.475 e. The van der Waals surface area contributed by atoms with E-state index in [0.717, 1.165) is 11.3 Å². The number of alkyl halides is 2. The maximum absolute atomic E-state index is 12.6. The zero-order valence-corrected chi connectivity index (χ0v) is 10.6. The van der Waals surface area contributed by atoms with E-state index in [4.69, 9.17) is 32.7 Å². The number of aromatic carboxylic acids is 1. The van der Waals surface area contributed by atoms with Crippen LogP contribution in [0.15, 0.2) is 10.5 Å². The number of carbonyl (C=O) groups is 1. The van der Waals surface area contributed by atoms with Gasteiger partial charge in [0.1, 0.15) is 4.34 Å². The normalized spacial score (nSPS) is 11.2. The summed E-state index contributed by atoms with van der Waals surface area (Å²) in [4.78, 5) is 14.2. The largest absolute Gasteiger partial charge is 0.475 e. The molecule has 0 radical (unpaired) electrons. The van der Waals surface area contributed by atoms with Crippen molar-refractivity contribution in [3.63, 3.8) is 0 Å². The second-order valence-electron chi connectivity index (χ2n) is 3.08. The molecule has 0 fully saturated rings. The summed E-state index contributed by atoms with van der Waals surface area (Å²) >= 11 is 12.5. The monoisotopic (exact) mass is 313 g/mol. The summed E-state index contributed by atoms with van der Waals surface area (Å²) in [6.45, 7) is 0. The lowest BCUT2D eigenvalue weighted by atomic mass is 10.3. The second kappa shape index (κ2) is 4.83. The van der Waals surface area contributed by atoms with E-state index >= 15 is 0 Å². The Hall–Kier alpha value is -1.18. The van der Waals surface area contributed by atoms with Gasteiger partial charge < -0.3 is 9.52 Å². The summed E-state index contributed by atoms with van der Waals surface area (Å²) in [7, 11) is 0. The fourth-order valence-electron chi connectivity index (χ4n) is 1.23. The van der Waals surface area contributed by atoms with Crippen molar-refractivity contribution in [2.45, 2.75) is 6.43 Å². The van der Waals surface area contributed by atoms with Crippen LogP contribution in [0.5, 0.6) is 0 Å². The summed E-state index contributed by atoms with van der Waals surface area (Å²) in [5, 5.41) is 8.73. The molecular formula is C9H3Cl2F2NO3S. The van der Waals surface area contributed by atoms with Gasteiger partial charge in [0.05, 0.1) is 9.90 Å². The molecule has 2 rings (SSSR count). The Bertz CT molecular complexity index is 611. The van der Waals surface area contributed by atoms with Crippen LogP contribution in [-0.4, -0.2) is 16.1 Å². The average Bonchev–Trinajstić information content (AvgIpc) is 2.81. The first-order valence-corrected chi connectivity index (χ1v) is 5.94. The number of thiophene rings is 1. The van der Waals surface area contributed by atoms with Gasteiger partial charge in [-0.3, -0.25) is 0 Å². The molecule has 96 valence electrons. The number of rotatable bonds is 3. The lowest BCUT2D eigenvalue weighted by molar-refractivity contribution is 0.0647. The van der Waals surface area contributed by atoms with E-state index in [1.807, 2.05) is 0 Å². The Morgan fingerprint density at radius 2 is 2.17 bits per heavy atom. The van der Waals surface area contributed by atoms with Crippen molar-refractivity contribution < 1.29 is 23.1 Å². The predicted octanol–water partition coefficient (Wildman–Crippen LogP) is 4.35. The molecule has 9 heteroatoms. The molecule has 0 saturated heterocycles. The van der Waals surface area contributed by atoms with Gasteiger partial charge in [-0.15, -0.1) is 11.3 Å². The first kappa shape index (κ1) is 13.3. The Morgan fingerprint density at radius 3 is 2.56 bits per heavy atom. The summed E-state index contributed by atoms with van der Waals surface area (Å²) in [6.07, 6.45) is -3.05. The first-order chi connectivity index (χ1) is 8.40. The molecule has 18 heavy (non-hydrogen) atoms. The van der Waals surface area contributed by atoms with Crippen molar-refractivity contribution in [1.82, 2.24) is 4.98 Å². The van der Waals surface area contributed by atoms with Gasteiger partial charge in [0, 0.05) is 0 Å². The van der Waals surface area contributed by atoms with E-state index in [1.54, 1.807) is 0 Å². The van der Waals surface area contributed by atoms with Crippen LogP contribution < -0.4 is 0 Å². The molecule has 1 N–H and O–H groups in total. The highest BCUT2D eigenvalue weighted by molar-refractivity contribution is 7.20. The van der Waals surface area contributed by atoms with Crippen LogP contribution in [0.25, 0.3) is 11.5 Å². The second-order valence-corrected chi connectivity index (χ2v) is 5.36. The number of hydrogen-bond acceptors (Lipinski definition) is 4. The number of halogens is 4. The highest BCUT2D eigenvalue weighted by Gasteiger charge is 2.27. The van der Waals surface area contributed by atoms with Crippen molar-refractivity contribution in [3.05, 3.63) is 26.2 Å². The van der Waals surface area contributed by atoms with E-state index in [0.29, 0.717) is 4.34 Å². The number of oxazole rings is 1. The lowest BCUT2D eigenvalue weighted by Gasteiger charge is -1.91. The number of hydrogen-bond donors (Lipinski definition) is 1. The quantitative estimate of drug-likeness (QED) is 0.915. The Morgan fingerprint density at radius 1 is 1.50 bits per heavy atom. The molecule has 0 atom stereocenters. The van der Waals surface area contributed by atoms with Crippen molar-refractivity contribution in [2.75, 3.05) is 0 Å². The maximum Gasteiger partial charge on any atom is 0.374 e. The highest BCUT2D eigenvalue weighted by atomic mass is 35.5. The third-order valence-corrected chi connectivity index (χ3v) is 3.43. The zero-order chi connectivity index (χ0) is 13.4. The Labute approximate surface area is 113 Å². The fraction of sp³-hybridized carbons (Fsp3) is 0.111. The van der Waals surface area contributed by atoms with Gasteiger partial charge in [-0.2, -0.15) is 0 Å². The number of carboxylic acid groups (broad SMARTS) is 1. The third kappa shape index (κ3) is 2.33. The number of aromatic nitrogens is 1. The summed E-state index contributed by atoms with van der Waals surface area (Å²) in [5.41, 5.74) is -0.753. The van der Waals surface area contributed by atoms with Gasteiger partial charge >= 0.3 is 5.97 Å². The van der Waals surface area contributed by atoms with Crippen molar-refractivity contribution >= 4 is 40.5 Å². The Balaban J connectivity index is 2.56. The molecule has 2 aromatic heterocycles. The van der Waals surface area contributed by atoms with Crippen LogP contribution in [0.1, 0.15) is 22.7 Å². The van der Waals surface area contributed by atoms with E-state index in [-0.39, 0.29) is 15.8 Å². The van der Waals surface area contributed by atoms with Crippen LogP contribution in [-0.2, 0) is 0 Å². The standard InChI is InChI=1S/C9H3Cl2F2NO3S/c10-3-1-2(6(11)18-3)8-14-4(7(12)13)5(17-8)9(15)16/h1,7H,(H,15,16). The highest BCUT2D eigenvalue weighted by Crippen LogP contribution is 2.39. The van der Waals surface area contributed by atoms with E-state index in [9.17, 15) is 13.6 Å². The zero-order valence-electron chi connectivity index (χ0n) is 8.29. The van der Waals surface area contributed by atoms with Gasteiger partial charge in [-0.1, -0.05) is 23.2 Å². The summed E-state index contributed by atoms with van der Waals surface area (Å²) < 4.78 is 30.4. The molecule has 0 aliphatic heterocycles. The van der Waals surface area contributed by atoms with E-state index < -0.39 is 23.8 Å². The van der Waals surface area contributed by atoms with Crippen LogP contribution in [0, 0.1) is 0 Å². The minimum absolute atomic E-state index is 0.180. The number of nitrogens with zero attached hydrogens (tertiary/aromatic N) is 1. The van der Waals surface area contributed by atoms with Crippen LogP contribution in [0.3, 0.4) is 0 Å². The molecule has 0 unspecified atom stereocenters. The topological polar surface area (TPSA) is 63.3 Å². The SMILES string of the molecule is O=C(O)c1oc(-c2cc(Cl)sc2Cl)nc1C(F)F. The third-order valence-electron chi connectivity index (χ3n) is 1.94. The molecular weight excluding hydrogens is 311 g/mol. The van der Waals surface area contributed by atoms with Gasteiger partial charge in [0.2, 0.25) is 11.7 Å². The van der Waals surface area contributed by atoms with Gasteiger partial charge in [0.25, 0.3) is 6.43 Å². The smallest absolute Gasteiger partial charge is 0.374 e. The summed E-state index contributed by atoms with van der Waals surface area (Å²) in [5.74, 6) is -2.82. The van der Waals surface area contributed by atoms with Crippen molar-refractivity contribution in [2.24, 2.45) is 0 Å². The fourth-order valence-corrected chi connectivity index (χ4v) is 2.68. The molecule has 0 aliphatic carbocycles. The van der Waals surface area contributed by atoms with Crippen LogP contribution >= 0.6 is 34.5 Å². The van der Waals surface area contributed by atoms with Gasteiger partial charge in [-0.05, 0) is 6.07 Å². The molecule has 0 saturated carbocycles. The lowest BCUT2D eigenvalue weighted by Crippen LogP contribution is -1.99. The first-order valence-electron chi connectivity index (χ1n) is 4.37. The van der Waals surface area contributed by atoms with E-state index in [2.05, 4.69) is 4.98 Å². The molecule has 2 heterocycles. The van der Waals surface area contributed by atoms with Gasteiger partial charge in [0.15, 0.2) is 5.69 Å². The predicted molar refractivity (Wildman–Crippen MR) is 61.8 cm³/mol. The van der Waals surface area contributed by atoms with Crippen molar-refractivity contribution in [1.29, 1.82) is 0 Å². The molecule has 2 aromatic rings. The molecule has 0 bridgehead atoms. The minimum atomic E-state index is -3.05. The molecule has 0 spiro atoms. The number of carboxylic acids is 1. The van der Waals surface area contributed by atoms with Crippen molar-refractivity contribution in [3.8, 4) is 11.5 Å². The van der Waals surface area contributed by atoms with Crippen LogP contribution in [0.4, 0.5) is 8.78 Å². The molecule has 0 aliphatic rings. The van der Waals surface area contributed by atoms with E-state index in [1.165, 1.54) is 6.07 Å². The molecule has 4 nitrogen and oxygen atoms in total. The van der Waals surface area contributed by atoms with Gasteiger partial charge in [-0.25, -0.2) is 18.6 Å². The molecule has 0 amide bonds. The molecule has 0 aromatic carbocycles. The average molecular weight is 314 g/mol. The Kier molecular flexibility index (Phi) is 3.56.